The molecule has 0 fully saturated rings. The lowest BCUT2D eigenvalue weighted by Crippen LogP contribution is -2.41. The van der Waals surface area contributed by atoms with Crippen LogP contribution in [0.25, 0.3) is 0 Å². The van der Waals surface area contributed by atoms with Gasteiger partial charge >= 0.3 is 5.97 Å². The fourth-order valence-electron chi connectivity index (χ4n) is 1.35. The van der Waals surface area contributed by atoms with Crippen molar-refractivity contribution in [2.75, 3.05) is 5.75 Å². The standard InChI is InChI=1S/C11H14N2O4S/c1-6(14)7-4-9(12-5-7)10(15)13-8(2-3-18)11(16)17/h4-5,8,12,18H,2-3H2,1H3,(H,13,15)(H,16,17). The maximum Gasteiger partial charge on any atom is 0.326 e. The molecular weight excluding hydrogens is 256 g/mol. The van der Waals surface area contributed by atoms with Crippen LogP contribution in [0.3, 0.4) is 0 Å². The van der Waals surface area contributed by atoms with Crippen molar-refractivity contribution < 1.29 is 19.5 Å². The molecule has 1 atom stereocenters. The van der Waals surface area contributed by atoms with E-state index in [0.717, 1.165) is 0 Å². The Bertz CT molecular complexity index is 469. The van der Waals surface area contributed by atoms with E-state index >= 15 is 0 Å². The normalized spacial score (nSPS) is 11.9. The minimum atomic E-state index is -1.12. The molecule has 1 unspecified atom stereocenters. The molecule has 7 heteroatoms. The van der Waals surface area contributed by atoms with Crippen LogP contribution in [0.1, 0.15) is 34.2 Å². The third-order valence-electron chi connectivity index (χ3n) is 2.36. The lowest BCUT2D eigenvalue weighted by Gasteiger charge is -2.12. The van der Waals surface area contributed by atoms with Crippen molar-refractivity contribution in [1.29, 1.82) is 0 Å². The van der Waals surface area contributed by atoms with Gasteiger partial charge < -0.3 is 15.4 Å². The summed E-state index contributed by atoms with van der Waals surface area (Å²) < 4.78 is 0. The number of rotatable bonds is 6. The number of carboxylic acid groups (broad SMARTS) is 1. The molecule has 1 aromatic heterocycles. The SMILES string of the molecule is CC(=O)c1c[nH]c(C(=O)NC(CCS)C(=O)O)c1. The third kappa shape index (κ3) is 3.63. The Labute approximate surface area is 109 Å². The molecule has 0 radical (unpaired) electrons. The molecule has 0 aromatic carbocycles. The van der Waals surface area contributed by atoms with Crippen LogP contribution in [0.2, 0.25) is 0 Å². The number of H-pyrrole nitrogens is 1. The number of Topliss-reactive ketones (excluding diaryl/α,β-unsaturated/α-hetero) is 1. The van der Waals surface area contributed by atoms with E-state index in [-0.39, 0.29) is 17.9 Å². The summed E-state index contributed by atoms with van der Waals surface area (Å²) in [5.74, 6) is -1.50. The van der Waals surface area contributed by atoms with Gasteiger partial charge in [-0.1, -0.05) is 0 Å². The van der Waals surface area contributed by atoms with Gasteiger partial charge in [0.25, 0.3) is 5.91 Å². The maximum atomic E-state index is 11.7. The van der Waals surface area contributed by atoms with Crippen LogP contribution in [0, 0.1) is 0 Å². The van der Waals surface area contributed by atoms with Crippen molar-refractivity contribution >= 4 is 30.3 Å². The minimum absolute atomic E-state index is 0.158. The van der Waals surface area contributed by atoms with Crippen molar-refractivity contribution in [3.8, 4) is 0 Å². The number of ketones is 1. The zero-order chi connectivity index (χ0) is 13.7. The van der Waals surface area contributed by atoms with Gasteiger partial charge in [-0.15, -0.1) is 0 Å². The van der Waals surface area contributed by atoms with Gasteiger partial charge in [0.05, 0.1) is 0 Å². The van der Waals surface area contributed by atoms with E-state index in [1.54, 1.807) is 0 Å². The predicted molar refractivity (Wildman–Crippen MR) is 68.2 cm³/mol. The molecule has 1 amide bonds. The minimum Gasteiger partial charge on any atom is -0.480 e. The number of hydrogen-bond donors (Lipinski definition) is 4. The van der Waals surface area contributed by atoms with Gasteiger partial charge in [0.15, 0.2) is 5.78 Å². The van der Waals surface area contributed by atoms with Gasteiger partial charge in [-0.05, 0) is 25.2 Å². The maximum absolute atomic E-state index is 11.7. The Hall–Kier alpha value is -1.76. The molecule has 0 aliphatic heterocycles. The smallest absolute Gasteiger partial charge is 0.326 e. The fourth-order valence-corrected chi connectivity index (χ4v) is 1.61. The summed E-state index contributed by atoms with van der Waals surface area (Å²) >= 11 is 3.93. The zero-order valence-electron chi connectivity index (χ0n) is 9.77. The van der Waals surface area contributed by atoms with Crippen LogP contribution in [-0.2, 0) is 4.79 Å². The quantitative estimate of drug-likeness (QED) is 0.452. The molecule has 98 valence electrons. The molecule has 6 nitrogen and oxygen atoms in total. The number of aromatic amines is 1. The predicted octanol–water partition coefficient (Wildman–Crippen LogP) is 0.720. The molecule has 18 heavy (non-hydrogen) atoms. The number of carbonyl (C=O) groups is 3. The summed E-state index contributed by atoms with van der Waals surface area (Å²) in [6.45, 7) is 1.38. The van der Waals surface area contributed by atoms with Gasteiger partial charge in [0, 0.05) is 11.8 Å². The highest BCUT2D eigenvalue weighted by Gasteiger charge is 2.20. The first-order chi connectivity index (χ1) is 8.45. The van der Waals surface area contributed by atoms with Crippen molar-refractivity contribution in [2.45, 2.75) is 19.4 Å². The Morgan fingerprint density at radius 3 is 2.61 bits per heavy atom. The van der Waals surface area contributed by atoms with E-state index in [2.05, 4.69) is 22.9 Å². The Kier molecular flexibility index (Phi) is 4.96. The number of nitrogens with one attached hydrogen (secondary N) is 2. The van der Waals surface area contributed by atoms with Crippen molar-refractivity contribution in [2.24, 2.45) is 0 Å². The van der Waals surface area contributed by atoms with Gasteiger partial charge in [-0.25, -0.2) is 4.79 Å². The van der Waals surface area contributed by atoms with Gasteiger partial charge in [-0.2, -0.15) is 12.6 Å². The first-order valence-electron chi connectivity index (χ1n) is 5.29. The lowest BCUT2D eigenvalue weighted by molar-refractivity contribution is -0.139. The topological polar surface area (TPSA) is 99.3 Å². The van der Waals surface area contributed by atoms with E-state index in [0.29, 0.717) is 11.3 Å². The van der Waals surface area contributed by atoms with Crippen LogP contribution in [0.15, 0.2) is 12.3 Å². The molecule has 0 aliphatic rings. The van der Waals surface area contributed by atoms with E-state index in [9.17, 15) is 14.4 Å². The highest BCUT2D eigenvalue weighted by atomic mass is 32.1. The molecule has 0 saturated heterocycles. The molecule has 0 aliphatic carbocycles. The summed E-state index contributed by atoms with van der Waals surface area (Å²) in [6.07, 6.45) is 1.64. The summed E-state index contributed by atoms with van der Waals surface area (Å²) in [5.41, 5.74) is 0.534. The molecule has 0 spiro atoms. The fraction of sp³-hybridized carbons (Fsp3) is 0.364. The van der Waals surface area contributed by atoms with Crippen LogP contribution in [0.5, 0.6) is 0 Å². The monoisotopic (exact) mass is 270 g/mol. The second kappa shape index (κ2) is 6.25. The first-order valence-corrected chi connectivity index (χ1v) is 5.92. The molecule has 1 rings (SSSR count). The summed E-state index contributed by atoms with van der Waals surface area (Å²) in [7, 11) is 0. The highest BCUT2D eigenvalue weighted by molar-refractivity contribution is 7.80. The second-order valence-electron chi connectivity index (χ2n) is 3.73. The number of aliphatic carboxylic acids is 1. The number of aromatic nitrogens is 1. The van der Waals surface area contributed by atoms with Crippen LogP contribution in [0.4, 0.5) is 0 Å². The van der Waals surface area contributed by atoms with E-state index in [1.807, 2.05) is 0 Å². The molecule has 1 aromatic rings. The van der Waals surface area contributed by atoms with E-state index in [4.69, 9.17) is 5.11 Å². The summed E-state index contributed by atoms with van der Waals surface area (Å²) in [5, 5.41) is 11.2. The third-order valence-corrected chi connectivity index (χ3v) is 2.61. The van der Waals surface area contributed by atoms with Gasteiger partial charge in [-0.3, -0.25) is 9.59 Å². The van der Waals surface area contributed by atoms with Gasteiger partial charge in [0.1, 0.15) is 11.7 Å². The summed E-state index contributed by atoms with van der Waals surface area (Å²) in [4.78, 5) is 36.3. The van der Waals surface area contributed by atoms with E-state index in [1.165, 1.54) is 19.2 Å². The molecule has 0 saturated carbocycles. The van der Waals surface area contributed by atoms with Crippen LogP contribution >= 0.6 is 12.6 Å². The van der Waals surface area contributed by atoms with E-state index < -0.39 is 17.9 Å². The number of amides is 1. The van der Waals surface area contributed by atoms with Crippen LogP contribution < -0.4 is 5.32 Å². The van der Waals surface area contributed by atoms with Crippen molar-refractivity contribution in [3.05, 3.63) is 23.5 Å². The highest BCUT2D eigenvalue weighted by Crippen LogP contribution is 2.05. The number of carbonyl (C=O) groups excluding carboxylic acids is 2. The zero-order valence-corrected chi connectivity index (χ0v) is 10.7. The molecule has 3 N–H and O–H groups in total. The Balaban J connectivity index is 2.74. The summed E-state index contributed by atoms with van der Waals surface area (Å²) in [6, 6.07) is 0.399. The number of carboxylic acids is 1. The van der Waals surface area contributed by atoms with Crippen molar-refractivity contribution in [3.63, 3.8) is 0 Å². The molecule has 1 heterocycles. The number of thiol groups is 1. The average Bonchev–Trinajstić information content (AvgIpc) is 2.77. The Morgan fingerprint density at radius 1 is 1.50 bits per heavy atom. The molecular formula is C11H14N2O4S. The second-order valence-corrected chi connectivity index (χ2v) is 4.18. The number of hydrogen-bond acceptors (Lipinski definition) is 4. The first kappa shape index (κ1) is 14.3. The lowest BCUT2D eigenvalue weighted by atomic mass is 10.2. The molecule has 0 bridgehead atoms. The van der Waals surface area contributed by atoms with Crippen LogP contribution in [-0.4, -0.2) is 39.5 Å². The largest absolute Gasteiger partial charge is 0.480 e. The van der Waals surface area contributed by atoms with Crippen molar-refractivity contribution in [1.82, 2.24) is 10.3 Å². The Morgan fingerprint density at radius 2 is 2.17 bits per heavy atom. The average molecular weight is 270 g/mol. The van der Waals surface area contributed by atoms with Gasteiger partial charge in [0.2, 0.25) is 0 Å².